The Morgan fingerprint density at radius 2 is 1.88 bits per heavy atom. The van der Waals surface area contributed by atoms with E-state index >= 15 is 0 Å². The molecule has 3 rings (SSSR count). The second-order valence-corrected chi connectivity index (χ2v) is 8.29. The number of thiazole rings is 1. The number of benzene rings is 2. The van der Waals surface area contributed by atoms with Crippen LogP contribution in [0, 0.1) is 5.82 Å². The summed E-state index contributed by atoms with van der Waals surface area (Å²) in [5.74, 6) is -0.394. The van der Waals surface area contributed by atoms with Crippen molar-refractivity contribution >= 4 is 33.7 Å². The molecule has 0 bridgehead atoms. The summed E-state index contributed by atoms with van der Waals surface area (Å²) in [6.07, 6.45) is 0. The maximum atomic E-state index is 13.0. The molecule has 0 aliphatic carbocycles. The van der Waals surface area contributed by atoms with Gasteiger partial charge in [-0.25, -0.2) is 9.37 Å². The summed E-state index contributed by atoms with van der Waals surface area (Å²) in [5, 5.41) is 4.65. The number of carbonyl (C=O) groups excluding carboxylic acids is 1. The zero-order valence-electron chi connectivity index (χ0n) is 14.0. The fourth-order valence-corrected chi connectivity index (χ4v) is 4.17. The van der Waals surface area contributed by atoms with Crippen LogP contribution in [0.3, 0.4) is 0 Å². The average Bonchev–Trinajstić information content (AvgIpc) is 3.11. The summed E-state index contributed by atoms with van der Waals surface area (Å²) >= 11 is 1.40. The van der Waals surface area contributed by atoms with Crippen LogP contribution in [0.1, 0.15) is 12.6 Å². The first-order valence-corrected chi connectivity index (χ1v) is 10.2. The van der Waals surface area contributed by atoms with Crippen molar-refractivity contribution in [2.24, 2.45) is 0 Å². The van der Waals surface area contributed by atoms with Gasteiger partial charge in [-0.1, -0.05) is 18.2 Å². The van der Waals surface area contributed by atoms with Crippen molar-refractivity contribution in [3.63, 3.8) is 0 Å². The molecule has 0 fully saturated rings. The number of nitrogens with one attached hydrogen (secondary N) is 1. The summed E-state index contributed by atoms with van der Waals surface area (Å²) in [4.78, 5) is 16.7. The van der Waals surface area contributed by atoms with Gasteiger partial charge in [0.2, 0.25) is 5.91 Å². The van der Waals surface area contributed by atoms with E-state index in [0.29, 0.717) is 11.4 Å². The Balaban J connectivity index is 1.62. The third-order valence-electron chi connectivity index (χ3n) is 3.74. The monoisotopic (exact) mass is 388 g/mol. The third kappa shape index (κ3) is 4.62. The topological polar surface area (TPSA) is 59.1 Å². The van der Waals surface area contributed by atoms with E-state index in [2.05, 4.69) is 10.3 Å². The van der Waals surface area contributed by atoms with Crippen molar-refractivity contribution in [1.82, 2.24) is 4.98 Å². The Morgan fingerprint density at radius 1 is 1.19 bits per heavy atom. The minimum absolute atomic E-state index is 0.196. The summed E-state index contributed by atoms with van der Waals surface area (Å²) in [5.41, 5.74) is 2.14. The van der Waals surface area contributed by atoms with Crippen LogP contribution in [0.2, 0.25) is 0 Å². The third-order valence-corrected chi connectivity index (χ3v) is 6.26. The molecule has 0 saturated heterocycles. The van der Waals surface area contributed by atoms with Crippen molar-refractivity contribution in [3.05, 3.63) is 71.5 Å². The molecule has 0 aliphatic rings. The molecule has 1 aromatic heterocycles. The van der Waals surface area contributed by atoms with Crippen LogP contribution in [0.15, 0.2) is 60.0 Å². The molecular formula is C19H17FN2O2S2. The van der Waals surface area contributed by atoms with Gasteiger partial charge in [0.1, 0.15) is 16.1 Å². The minimum Gasteiger partial charge on any atom is -0.325 e. The molecule has 0 saturated carbocycles. The van der Waals surface area contributed by atoms with E-state index in [1.165, 1.54) is 23.5 Å². The molecule has 1 amide bonds. The van der Waals surface area contributed by atoms with Crippen molar-refractivity contribution in [3.8, 4) is 10.6 Å². The van der Waals surface area contributed by atoms with E-state index in [-0.39, 0.29) is 17.5 Å². The minimum atomic E-state index is -1.39. The number of anilines is 1. The first-order valence-electron chi connectivity index (χ1n) is 7.96. The van der Waals surface area contributed by atoms with Crippen molar-refractivity contribution in [2.45, 2.75) is 17.9 Å². The molecule has 0 aliphatic heterocycles. The highest BCUT2D eigenvalue weighted by atomic mass is 32.2. The maximum Gasteiger partial charge on any atom is 0.239 e. The predicted octanol–water partition coefficient (Wildman–Crippen LogP) is 4.23. The van der Waals surface area contributed by atoms with Crippen LogP contribution in [-0.2, 0) is 21.3 Å². The Morgan fingerprint density at radius 3 is 2.58 bits per heavy atom. The van der Waals surface area contributed by atoms with E-state index in [9.17, 15) is 13.4 Å². The van der Waals surface area contributed by atoms with Gasteiger partial charge in [0, 0.05) is 27.4 Å². The lowest BCUT2D eigenvalue weighted by Crippen LogP contribution is -2.29. The molecule has 7 heteroatoms. The number of rotatable bonds is 6. The molecule has 2 aromatic carbocycles. The number of carbonyl (C=O) groups is 1. The lowest BCUT2D eigenvalue weighted by atomic mass is 10.2. The Labute approximate surface area is 157 Å². The quantitative estimate of drug-likeness (QED) is 0.688. The van der Waals surface area contributed by atoms with Gasteiger partial charge in [0.05, 0.1) is 11.4 Å². The number of amides is 1. The van der Waals surface area contributed by atoms with Gasteiger partial charge in [-0.05, 0) is 43.3 Å². The van der Waals surface area contributed by atoms with Gasteiger partial charge in [-0.3, -0.25) is 9.00 Å². The molecule has 134 valence electrons. The normalized spacial score (nSPS) is 13.2. The van der Waals surface area contributed by atoms with Crippen LogP contribution < -0.4 is 5.32 Å². The summed E-state index contributed by atoms with van der Waals surface area (Å²) in [6, 6.07) is 15.1. The fraction of sp³-hybridized carbons (Fsp3) is 0.158. The van der Waals surface area contributed by atoms with Crippen molar-refractivity contribution < 1.29 is 13.4 Å². The zero-order valence-corrected chi connectivity index (χ0v) is 15.6. The molecule has 2 atom stereocenters. The fourth-order valence-electron chi connectivity index (χ4n) is 2.25. The molecule has 3 aromatic rings. The van der Waals surface area contributed by atoms with Gasteiger partial charge < -0.3 is 5.32 Å². The van der Waals surface area contributed by atoms with Crippen LogP contribution in [0.5, 0.6) is 0 Å². The second kappa shape index (κ2) is 8.33. The largest absolute Gasteiger partial charge is 0.325 e. The van der Waals surface area contributed by atoms with Gasteiger partial charge in [0.15, 0.2) is 0 Å². The number of para-hydroxylation sites is 1. The molecule has 0 spiro atoms. The maximum absolute atomic E-state index is 13.0. The van der Waals surface area contributed by atoms with Crippen molar-refractivity contribution in [1.29, 1.82) is 0 Å². The SMILES string of the molecule is CC(C(=O)Nc1ccccc1)S(=O)Cc1csc(-c2ccc(F)cc2)n1. The molecular weight excluding hydrogens is 371 g/mol. The highest BCUT2D eigenvalue weighted by molar-refractivity contribution is 7.85. The Hall–Kier alpha value is -2.38. The van der Waals surface area contributed by atoms with E-state index in [4.69, 9.17) is 0 Å². The number of hydrogen-bond donors (Lipinski definition) is 1. The smallest absolute Gasteiger partial charge is 0.239 e. The van der Waals surface area contributed by atoms with Crippen LogP contribution >= 0.6 is 11.3 Å². The first-order chi connectivity index (χ1) is 12.5. The zero-order chi connectivity index (χ0) is 18.5. The lowest BCUT2D eigenvalue weighted by molar-refractivity contribution is -0.115. The number of aromatic nitrogens is 1. The highest BCUT2D eigenvalue weighted by Gasteiger charge is 2.21. The Kier molecular flexibility index (Phi) is 5.90. The molecule has 4 nitrogen and oxygen atoms in total. The van der Waals surface area contributed by atoms with Gasteiger partial charge in [0.25, 0.3) is 0 Å². The predicted molar refractivity (Wildman–Crippen MR) is 104 cm³/mol. The summed E-state index contributed by atoms with van der Waals surface area (Å²) in [7, 11) is -1.39. The Bertz CT molecular complexity index is 911. The standard InChI is InChI=1S/C19H17FN2O2S2/c1-13(18(23)21-16-5-3-2-4-6-16)26(24)12-17-11-25-19(22-17)14-7-9-15(20)10-8-14/h2-11,13H,12H2,1H3,(H,21,23). The van der Waals surface area contributed by atoms with E-state index in [0.717, 1.165) is 10.6 Å². The van der Waals surface area contributed by atoms with Gasteiger partial charge in [-0.15, -0.1) is 11.3 Å². The molecule has 0 radical (unpaired) electrons. The van der Waals surface area contributed by atoms with E-state index in [1.807, 2.05) is 23.6 Å². The van der Waals surface area contributed by atoms with Crippen LogP contribution in [0.25, 0.3) is 10.6 Å². The molecule has 1 N–H and O–H groups in total. The van der Waals surface area contributed by atoms with Gasteiger partial charge >= 0.3 is 0 Å². The second-order valence-electron chi connectivity index (χ2n) is 5.67. The molecule has 26 heavy (non-hydrogen) atoms. The molecule has 1 heterocycles. The summed E-state index contributed by atoms with van der Waals surface area (Å²) in [6.45, 7) is 1.64. The summed E-state index contributed by atoms with van der Waals surface area (Å²) < 4.78 is 25.5. The van der Waals surface area contributed by atoms with Crippen LogP contribution in [-0.4, -0.2) is 20.3 Å². The van der Waals surface area contributed by atoms with E-state index < -0.39 is 16.0 Å². The number of nitrogens with zero attached hydrogens (tertiary/aromatic N) is 1. The number of hydrogen-bond acceptors (Lipinski definition) is 4. The lowest BCUT2D eigenvalue weighted by Gasteiger charge is -2.11. The van der Waals surface area contributed by atoms with Crippen LogP contribution in [0.4, 0.5) is 10.1 Å². The highest BCUT2D eigenvalue weighted by Crippen LogP contribution is 2.24. The average molecular weight is 388 g/mol. The van der Waals surface area contributed by atoms with Gasteiger partial charge in [-0.2, -0.15) is 0 Å². The number of halogens is 1. The first kappa shape index (κ1) is 18.4. The molecule has 2 unspecified atom stereocenters. The van der Waals surface area contributed by atoms with Crippen molar-refractivity contribution in [2.75, 3.05) is 5.32 Å². The van der Waals surface area contributed by atoms with E-state index in [1.54, 1.807) is 31.2 Å².